The van der Waals surface area contributed by atoms with E-state index >= 15 is 0 Å². The Balaban J connectivity index is 1.99. The van der Waals surface area contributed by atoms with Gasteiger partial charge < -0.3 is 20.0 Å². The lowest BCUT2D eigenvalue weighted by Gasteiger charge is -2.40. The second-order valence-corrected chi connectivity index (χ2v) is 9.06. The average Bonchev–Trinajstić information content (AvgIpc) is 2.57. The molecule has 2 N–H and O–H groups in total. The quantitative estimate of drug-likeness (QED) is 0.732. The van der Waals surface area contributed by atoms with Crippen LogP contribution in [0.25, 0.3) is 0 Å². The largest absolute Gasteiger partial charge is 0.390 e. The fourth-order valence-corrected chi connectivity index (χ4v) is 3.58. The molecule has 1 aliphatic heterocycles. The van der Waals surface area contributed by atoms with Gasteiger partial charge in [0.15, 0.2) is 5.60 Å². The number of benzene rings is 1. The second-order valence-electron chi connectivity index (χ2n) is 9.06. The third kappa shape index (κ3) is 6.30. The standard InChI is InChI=1S/C22H36N2O3/c1-17(2)19-9-7-18(8-10-19)15-24-13-6-11-22(27,20(24)25)16-23(5)14-12-21(3,4)26/h7-10,17,26-27H,6,11-16H2,1-5H3/t22-/m1/s1. The highest BCUT2D eigenvalue weighted by Crippen LogP contribution is 2.26. The lowest BCUT2D eigenvalue weighted by molar-refractivity contribution is -0.160. The highest BCUT2D eigenvalue weighted by Gasteiger charge is 2.42. The smallest absolute Gasteiger partial charge is 0.256 e. The molecule has 1 aromatic rings. The van der Waals surface area contributed by atoms with Gasteiger partial charge in [-0.2, -0.15) is 0 Å². The molecule has 1 saturated heterocycles. The predicted octanol–water partition coefficient (Wildman–Crippen LogP) is 2.76. The first-order chi connectivity index (χ1) is 12.5. The molecule has 0 aromatic heterocycles. The van der Waals surface area contributed by atoms with Crippen LogP contribution in [0.1, 0.15) is 64.0 Å². The van der Waals surface area contributed by atoms with Gasteiger partial charge in [-0.1, -0.05) is 38.1 Å². The Morgan fingerprint density at radius 1 is 1.26 bits per heavy atom. The molecule has 27 heavy (non-hydrogen) atoms. The van der Waals surface area contributed by atoms with Crippen LogP contribution in [-0.2, 0) is 11.3 Å². The molecule has 1 aromatic carbocycles. The minimum Gasteiger partial charge on any atom is -0.390 e. The topological polar surface area (TPSA) is 64.0 Å². The van der Waals surface area contributed by atoms with E-state index in [1.807, 2.05) is 11.9 Å². The first-order valence-electron chi connectivity index (χ1n) is 10.0. The molecule has 152 valence electrons. The van der Waals surface area contributed by atoms with Crippen LogP contribution >= 0.6 is 0 Å². The zero-order valence-corrected chi connectivity index (χ0v) is 17.5. The molecule has 1 fully saturated rings. The molecule has 5 heteroatoms. The maximum atomic E-state index is 13.0. The monoisotopic (exact) mass is 376 g/mol. The van der Waals surface area contributed by atoms with E-state index in [1.54, 1.807) is 18.7 Å². The van der Waals surface area contributed by atoms with Crippen LogP contribution in [0.15, 0.2) is 24.3 Å². The van der Waals surface area contributed by atoms with Gasteiger partial charge in [-0.3, -0.25) is 4.79 Å². The summed E-state index contributed by atoms with van der Waals surface area (Å²) in [6.07, 6.45) is 1.88. The molecule has 0 spiro atoms. The predicted molar refractivity (Wildman–Crippen MR) is 109 cm³/mol. The van der Waals surface area contributed by atoms with Crippen molar-refractivity contribution in [3.63, 3.8) is 0 Å². The number of likely N-dealkylation sites (tertiary alicyclic amines) is 1. The number of rotatable bonds is 8. The van der Waals surface area contributed by atoms with Crippen LogP contribution in [0.5, 0.6) is 0 Å². The molecule has 2 rings (SSSR count). The van der Waals surface area contributed by atoms with Gasteiger partial charge >= 0.3 is 0 Å². The van der Waals surface area contributed by atoms with Crippen molar-refractivity contribution in [2.75, 3.05) is 26.7 Å². The Hall–Kier alpha value is -1.43. The molecule has 1 atom stereocenters. The van der Waals surface area contributed by atoms with E-state index < -0.39 is 11.2 Å². The molecule has 0 bridgehead atoms. The molecule has 0 saturated carbocycles. The van der Waals surface area contributed by atoms with Crippen molar-refractivity contribution < 1.29 is 15.0 Å². The van der Waals surface area contributed by atoms with Crippen LogP contribution in [0, 0.1) is 0 Å². The van der Waals surface area contributed by atoms with Gasteiger partial charge in [0, 0.05) is 26.2 Å². The molecular formula is C22H36N2O3. The van der Waals surface area contributed by atoms with Gasteiger partial charge in [0.05, 0.1) is 5.60 Å². The van der Waals surface area contributed by atoms with E-state index in [0.717, 1.165) is 12.0 Å². The van der Waals surface area contributed by atoms with Crippen molar-refractivity contribution in [3.05, 3.63) is 35.4 Å². The van der Waals surface area contributed by atoms with Gasteiger partial charge in [0.2, 0.25) is 0 Å². The van der Waals surface area contributed by atoms with Crippen molar-refractivity contribution in [2.45, 2.75) is 70.6 Å². The number of carbonyl (C=O) groups excluding carboxylic acids is 1. The molecule has 0 unspecified atom stereocenters. The molecule has 0 aliphatic carbocycles. The first-order valence-corrected chi connectivity index (χ1v) is 10.0. The van der Waals surface area contributed by atoms with Crippen molar-refractivity contribution in [1.82, 2.24) is 9.80 Å². The molecule has 1 heterocycles. The maximum Gasteiger partial charge on any atom is 0.256 e. The van der Waals surface area contributed by atoms with Crippen molar-refractivity contribution in [1.29, 1.82) is 0 Å². The van der Waals surface area contributed by atoms with E-state index in [4.69, 9.17) is 0 Å². The van der Waals surface area contributed by atoms with Gasteiger partial charge in [0.25, 0.3) is 5.91 Å². The van der Waals surface area contributed by atoms with Crippen molar-refractivity contribution >= 4 is 5.91 Å². The number of likely N-dealkylation sites (N-methyl/N-ethyl adjacent to an activating group) is 1. The minimum absolute atomic E-state index is 0.184. The number of hydrogen-bond acceptors (Lipinski definition) is 4. The van der Waals surface area contributed by atoms with Gasteiger partial charge in [-0.05, 0) is 57.2 Å². The number of nitrogens with zero attached hydrogens (tertiary/aromatic N) is 2. The Bertz CT molecular complexity index is 621. The summed E-state index contributed by atoms with van der Waals surface area (Å²) in [6.45, 7) is 10.0. The van der Waals surface area contributed by atoms with E-state index in [0.29, 0.717) is 44.9 Å². The third-order valence-corrected chi connectivity index (χ3v) is 5.36. The fourth-order valence-electron chi connectivity index (χ4n) is 3.58. The normalized spacial score (nSPS) is 21.4. The Morgan fingerprint density at radius 2 is 1.89 bits per heavy atom. The summed E-state index contributed by atoms with van der Waals surface area (Å²) in [5.74, 6) is 0.303. The number of carbonyl (C=O) groups is 1. The molecule has 1 aliphatic rings. The van der Waals surface area contributed by atoms with Crippen LogP contribution < -0.4 is 0 Å². The van der Waals surface area contributed by atoms with E-state index in [9.17, 15) is 15.0 Å². The third-order valence-electron chi connectivity index (χ3n) is 5.36. The van der Waals surface area contributed by atoms with Crippen LogP contribution in [-0.4, -0.2) is 63.8 Å². The number of piperidine rings is 1. The van der Waals surface area contributed by atoms with E-state index in [1.165, 1.54) is 5.56 Å². The summed E-state index contributed by atoms with van der Waals surface area (Å²) >= 11 is 0. The van der Waals surface area contributed by atoms with Gasteiger partial charge in [0.1, 0.15) is 0 Å². The Kier molecular flexibility index (Phi) is 7.06. The van der Waals surface area contributed by atoms with E-state index in [2.05, 4.69) is 38.1 Å². The summed E-state index contributed by atoms with van der Waals surface area (Å²) in [4.78, 5) is 16.7. The summed E-state index contributed by atoms with van der Waals surface area (Å²) in [5, 5.41) is 20.9. The van der Waals surface area contributed by atoms with Crippen molar-refractivity contribution in [2.24, 2.45) is 0 Å². The second kappa shape index (κ2) is 8.72. The van der Waals surface area contributed by atoms with Crippen LogP contribution in [0.4, 0.5) is 0 Å². The summed E-state index contributed by atoms with van der Waals surface area (Å²) in [5.41, 5.74) is 0.285. The van der Waals surface area contributed by atoms with Gasteiger partial charge in [-0.15, -0.1) is 0 Å². The zero-order valence-electron chi connectivity index (χ0n) is 17.5. The number of hydrogen-bond donors (Lipinski definition) is 2. The highest BCUT2D eigenvalue weighted by atomic mass is 16.3. The highest BCUT2D eigenvalue weighted by molar-refractivity contribution is 5.86. The maximum absolute atomic E-state index is 13.0. The summed E-state index contributed by atoms with van der Waals surface area (Å²) in [6, 6.07) is 8.38. The van der Waals surface area contributed by atoms with Crippen LogP contribution in [0.2, 0.25) is 0 Å². The average molecular weight is 377 g/mol. The van der Waals surface area contributed by atoms with Gasteiger partial charge in [-0.25, -0.2) is 0 Å². The zero-order chi connectivity index (χ0) is 20.2. The lowest BCUT2D eigenvalue weighted by Crippen LogP contribution is -2.58. The molecule has 5 nitrogen and oxygen atoms in total. The van der Waals surface area contributed by atoms with E-state index in [-0.39, 0.29) is 5.91 Å². The minimum atomic E-state index is -1.34. The SMILES string of the molecule is CC(C)c1ccc(CN2CCC[C@@](O)(CN(C)CCC(C)(C)O)C2=O)cc1. The molecular weight excluding hydrogens is 340 g/mol. The number of aliphatic hydroxyl groups is 2. The fraction of sp³-hybridized carbons (Fsp3) is 0.682. The number of amides is 1. The molecule has 0 radical (unpaired) electrons. The first kappa shape index (κ1) is 21.9. The molecule has 1 amide bonds. The summed E-state index contributed by atoms with van der Waals surface area (Å²) < 4.78 is 0. The Labute approximate surface area is 164 Å². The summed E-state index contributed by atoms with van der Waals surface area (Å²) in [7, 11) is 1.89. The lowest BCUT2D eigenvalue weighted by atomic mass is 9.90. The van der Waals surface area contributed by atoms with Crippen LogP contribution in [0.3, 0.4) is 0 Å². The van der Waals surface area contributed by atoms with Crippen molar-refractivity contribution in [3.8, 4) is 0 Å². The Morgan fingerprint density at radius 3 is 2.44 bits per heavy atom.